The lowest BCUT2D eigenvalue weighted by molar-refractivity contribution is -0.123. The lowest BCUT2D eigenvalue weighted by Crippen LogP contribution is -2.54. The van der Waals surface area contributed by atoms with Crippen LogP contribution in [0.15, 0.2) is 0 Å². The number of piperazine rings is 1. The van der Waals surface area contributed by atoms with Crippen LogP contribution >= 0.6 is 37.2 Å². The number of nitrogens with one attached hydrogen (secondary N) is 2. The number of carbonyl (C=O) groups excluding carboxylic acids is 1. The van der Waals surface area contributed by atoms with Crippen molar-refractivity contribution in [1.29, 1.82) is 0 Å². The number of likely N-dealkylation sites (N-methyl/N-ethyl adjacent to an activating group) is 1. The third-order valence-electron chi connectivity index (χ3n) is 4.68. The van der Waals surface area contributed by atoms with Gasteiger partial charge in [-0.1, -0.05) is 13.3 Å². The summed E-state index contributed by atoms with van der Waals surface area (Å²) in [4.78, 5) is 17.1. The quantitative estimate of drug-likeness (QED) is 0.746. The molecule has 0 radical (unpaired) electrons. The van der Waals surface area contributed by atoms with E-state index in [1.54, 1.807) is 0 Å². The summed E-state index contributed by atoms with van der Waals surface area (Å²) in [6, 6.07) is 0.467. The smallest absolute Gasteiger partial charge is 0.237 e. The van der Waals surface area contributed by atoms with Gasteiger partial charge in [0, 0.05) is 38.8 Å². The summed E-state index contributed by atoms with van der Waals surface area (Å²) in [7, 11) is 0. The predicted octanol–water partition coefficient (Wildman–Crippen LogP) is 1.54. The molecule has 0 aromatic heterocycles. The Kier molecular flexibility index (Phi) is 14.9. The molecule has 23 heavy (non-hydrogen) atoms. The molecule has 2 rings (SSSR count). The van der Waals surface area contributed by atoms with Crippen LogP contribution in [0, 0.1) is 0 Å². The maximum atomic E-state index is 12.1. The zero-order valence-corrected chi connectivity index (χ0v) is 16.7. The van der Waals surface area contributed by atoms with Gasteiger partial charge < -0.3 is 15.5 Å². The molecule has 140 valence electrons. The van der Waals surface area contributed by atoms with Gasteiger partial charge in [-0.05, 0) is 32.9 Å². The van der Waals surface area contributed by atoms with Gasteiger partial charge in [0.1, 0.15) is 0 Å². The van der Waals surface area contributed by atoms with Crippen LogP contribution in [-0.4, -0.2) is 73.6 Å². The molecule has 2 fully saturated rings. The SMILES string of the molecule is CCN1CCN(C(C)CNC(=O)[C@H]2CCCCN2)CC1.Cl.Cl.Cl. The van der Waals surface area contributed by atoms with E-state index in [0.29, 0.717) is 6.04 Å². The van der Waals surface area contributed by atoms with Crippen molar-refractivity contribution >= 4 is 43.1 Å². The topological polar surface area (TPSA) is 47.6 Å². The third kappa shape index (κ3) is 8.23. The van der Waals surface area contributed by atoms with Crippen LogP contribution in [0.5, 0.6) is 0 Å². The molecule has 2 aliphatic rings. The average Bonchev–Trinajstić information content (AvgIpc) is 2.53. The standard InChI is InChI=1S/C15H30N4O.3ClH/c1-3-18-8-10-19(11-9-18)13(2)12-17-15(20)14-6-4-5-7-16-14;;;/h13-14,16H,3-12H2,1-2H3,(H,17,20);3*1H/t13?,14-;;;/m1.../s1. The van der Waals surface area contributed by atoms with Crippen LogP contribution < -0.4 is 10.6 Å². The molecule has 0 aromatic carbocycles. The number of piperidine rings is 1. The van der Waals surface area contributed by atoms with Gasteiger partial charge >= 0.3 is 0 Å². The molecule has 0 aromatic rings. The first kappa shape index (κ1) is 25.5. The highest BCUT2D eigenvalue weighted by atomic mass is 35.5. The van der Waals surface area contributed by atoms with E-state index in [2.05, 4.69) is 34.3 Å². The molecule has 1 unspecified atom stereocenters. The van der Waals surface area contributed by atoms with Crippen LogP contribution in [0.25, 0.3) is 0 Å². The molecule has 2 N–H and O–H groups in total. The normalized spacial score (nSPS) is 23.7. The number of halogens is 3. The van der Waals surface area contributed by atoms with E-state index >= 15 is 0 Å². The maximum absolute atomic E-state index is 12.1. The largest absolute Gasteiger partial charge is 0.353 e. The Morgan fingerprint density at radius 1 is 1.17 bits per heavy atom. The molecule has 2 aliphatic heterocycles. The lowest BCUT2D eigenvalue weighted by Gasteiger charge is -2.37. The van der Waals surface area contributed by atoms with Gasteiger partial charge in [0.2, 0.25) is 5.91 Å². The highest BCUT2D eigenvalue weighted by Gasteiger charge is 2.23. The van der Waals surface area contributed by atoms with E-state index in [1.807, 2.05) is 0 Å². The zero-order valence-electron chi connectivity index (χ0n) is 14.3. The van der Waals surface area contributed by atoms with Crippen molar-refractivity contribution in [3.8, 4) is 0 Å². The molecule has 0 spiro atoms. The number of rotatable bonds is 5. The molecule has 0 saturated carbocycles. The van der Waals surface area contributed by atoms with Crippen molar-refractivity contribution < 1.29 is 4.79 Å². The number of hydrogen-bond acceptors (Lipinski definition) is 4. The Balaban J connectivity index is 0. The summed E-state index contributed by atoms with van der Waals surface area (Å²) in [5.74, 6) is 0.184. The number of carbonyl (C=O) groups is 1. The minimum Gasteiger partial charge on any atom is -0.353 e. The van der Waals surface area contributed by atoms with Gasteiger partial charge in [-0.15, -0.1) is 37.2 Å². The lowest BCUT2D eigenvalue weighted by atomic mass is 10.0. The van der Waals surface area contributed by atoms with E-state index in [0.717, 1.165) is 52.2 Å². The molecule has 8 heteroatoms. The highest BCUT2D eigenvalue weighted by molar-refractivity contribution is 5.86. The van der Waals surface area contributed by atoms with Crippen LogP contribution in [0.4, 0.5) is 0 Å². The highest BCUT2D eigenvalue weighted by Crippen LogP contribution is 2.08. The molecule has 0 aliphatic carbocycles. The Morgan fingerprint density at radius 3 is 2.35 bits per heavy atom. The van der Waals surface area contributed by atoms with Crippen molar-refractivity contribution in [3.05, 3.63) is 0 Å². The maximum Gasteiger partial charge on any atom is 0.237 e. The molecular weight excluding hydrogens is 359 g/mol. The second kappa shape index (κ2) is 13.5. The van der Waals surface area contributed by atoms with Gasteiger partial charge in [-0.3, -0.25) is 9.69 Å². The number of hydrogen-bond donors (Lipinski definition) is 2. The fourth-order valence-electron chi connectivity index (χ4n) is 3.10. The molecule has 2 atom stereocenters. The summed E-state index contributed by atoms with van der Waals surface area (Å²) in [6.07, 6.45) is 3.34. The molecule has 1 amide bonds. The van der Waals surface area contributed by atoms with E-state index < -0.39 is 0 Å². The summed E-state index contributed by atoms with van der Waals surface area (Å²) >= 11 is 0. The molecule has 2 heterocycles. The first-order valence-corrected chi connectivity index (χ1v) is 8.18. The monoisotopic (exact) mass is 390 g/mol. The average molecular weight is 392 g/mol. The zero-order chi connectivity index (χ0) is 14.4. The van der Waals surface area contributed by atoms with E-state index in [1.165, 1.54) is 12.8 Å². The van der Waals surface area contributed by atoms with Crippen LogP contribution in [0.1, 0.15) is 33.1 Å². The Hall–Kier alpha value is 0.220. The predicted molar refractivity (Wildman–Crippen MR) is 104 cm³/mol. The minimum atomic E-state index is 0. The van der Waals surface area contributed by atoms with Crippen molar-refractivity contribution in [2.75, 3.05) is 45.8 Å². The van der Waals surface area contributed by atoms with Crippen molar-refractivity contribution in [2.45, 2.75) is 45.2 Å². The first-order valence-electron chi connectivity index (χ1n) is 8.18. The minimum absolute atomic E-state index is 0. The van der Waals surface area contributed by atoms with Crippen molar-refractivity contribution in [1.82, 2.24) is 20.4 Å². The Labute approximate surface area is 159 Å². The van der Waals surface area contributed by atoms with Crippen LogP contribution in [-0.2, 0) is 4.79 Å². The summed E-state index contributed by atoms with van der Waals surface area (Å²) in [6.45, 7) is 11.9. The van der Waals surface area contributed by atoms with E-state index in [4.69, 9.17) is 0 Å². The Morgan fingerprint density at radius 2 is 1.83 bits per heavy atom. The fourth-order valence-corrected chi connectivity index (χ4v) is 3.10. The molecular formula is C15H33Cl3N4O. The van der Waals surface area contributed by atoms with Gasteiger partial charge in [0.05, 0.1) is 6.04 Å². The second-order valence-electron chi connectivity index (χ2n) is 6.07. The number of amides is 1. The third-order valence-corrected chi connectivity index (χ3v) is 4.68. The van der Waals surface area contributed by atoms with Gasteiger partial charge in [-0.25, -0.2) is 0 Å². The van der Waals surface area contributed by atoms with Crippen LogP contribution in [0.2, 0.25) is 0 Å². The summed E-state index contributed by atoms with van der Waals surface area (Å²) < 4.78 is 0. The molecule has 5 nitrogen and oxygen atoms in total. The number of nitrogens with zero attached hydrogens (tertiary/aromatic N) is 2. The second-order valence-corrected chi connectivity index (χ2v) is 6.07. The first-order chi connectivity index (χ1) is 9.70. The molecule has 0 bridgehead atoms. The van der Waals surface area contributed by atoms with E-state index in [-0.39, 0.29) is 49.2 Å². The van der Waals surface area contributed by atoms with Gasteiger partial charge in [0.15, 0.2) is 0 Å². The summed E-state index contributed by atoms with van der Waals surface area (Å²) in [5, 5.41) is 6.42. The van der Waals surface area contributed by atoms with Gasteiger partial charge in [0.25, 0.3) is 0 Å². The Bertz CT molecular complexity index is 309. The molecule has 2 saturated heterocycles. The van der Waals surface area contributed by atoms with Crippen molar-refractivity contribution in [3.63, 3.8) is 0 Å². The van der Waals surface area contributed by atoms with Gasteiger partial charge in [-0.2, -0.15) is 0 Å². The van der Waals surface area contributed by atoms with Crippen molar-refractivity contribution in [2.24, 2.45) is 0 Å². The van der Waals surface area contributed by atoms with E-state index in [9.17, 15) is 4.79 Å². The van der Waals surface area contributed by atoms with Crippen LogP contribution in [0.3, 0.4) is 0 Å². The summed E-state index contributed by atoms with van der Waals surface area (Å²) in [5.41, 5.74) is 0. The fraction of sp³-hybridized carbons (Fsp3) is 0.933.